The topological polar surface area (TPSA) is 54.0 Å². The SMILES string of the molecule is CCc1ccc(NC(=O)C(C)c2nc3c(s2)CNCC3)cc1. The van der Waals surface area contributed by atoms with Gasteiger partial charge in [-0.2, -0.15) is 0 Å². The molecule has 0 spiro atoms. The van der Waals surface area contributed by atoms with Crippen LogP contribution in [0.25, 0.3) is 0 Å². The van der Waals surface area contributed by atoms with Crippen LogP contribution in [-0.2, 0) is 24.2 Å². The van der Waals surface area contributed by atoms with Gasteiger partial charge in [0.2, 0.25) is 5.91 Å². The van der Waals surface area contributed by atoms with E-state index in [-0.39, 0.29) is 11.8 Å². The number of hydrogen-bond donors (Lipinski definition) is 2. The zero-order valence-corrected chi connectivity index (χ0v) is 13.8. The lowest BCUT2D eigenvalue weighted by molar-refractivity contribution is -0.117. The van der Waals surface area contributed by atoms with Crippen molar-refractivity contribution in [3.05, 3.63) is 45.4 Å². The smallest absolute Gasteiger partial charge is 0.234 e. The number of carbonyl (C=O) groups excluding carboxylic acids is 1. The average molecular weight is 315 g/mol. The molecule has 0 aliphatic carbocycles. The summed E-state index contributed by atoms with van der Waals surface area (Å²) in [5.41, 5.74) is 3.27. The van der Waals surface area contributed by atoms with Gasteiger partial charge in [0.15, 0.2) is 0 Å². The maximum Gasteiger partial charge on any atom is 0.234 e. The van der Waals surface area contributed by atoms with E-state index < -0.39 is 0 Å². The summed E-state index contributed by atoms with van der Waals surface area (Å²) < 4.78 is 0. The molecule has 1 aliphatic rings. The number of carbonyl (C=O) groups is 1. The van der Waals surface area contributed by atoms with Gasteiger partial charge in [-0.15, -0.1) is 11.3 Å². The first-order chi connectivity index (χ1) is 10.7. The molecule has 116 valence electrons. The second-order valence-corrected chi connectivity index (χ2v) is 6.73. The van der Waals surface area contributed by atoms with Crippen LogP contribution in [0.5, 0.6) is 0 Å². The minimum Gasteiger partial charge on any atom is -0.325 e. The van der Waals surface area contributed by atoms with Crippen molar-refractivity contribution >= 4 is 22.9 Å². The van der Waals surface area contributed by atoms with Crippen LogP contribution in [0.4, 0.5) is 5.69 Å². The molecule has 4 nitrogen and oxygen atoms in total. The predicted molar refractivity (Wildman–Crippen MR) is 90.4 cm³/mol. The molecule has 1 amide bonds. The number of nitrogens with one attached hydrogen (secondary N) is 2. The molecule has 0 saturated heterocycles. The Labute approximate surface area is 135 Å². The third-order valence-electron chi connectivity index (χ3n) is 4.01. The maximum absolute atomic E-state index is 12.4. The number of thiazole rings is 1. The standard InChI is InChI=1S/C17H21N3OS/c1-3-12-4-6-13(7-5-12)19-16(21)11(2)17-20-14-8-9-18-10-15(14)22-17/h4-7,11,18H,3,8-10H2,1-2H3,(H,19,21). The first kappa shape index (κ1) is 15.2. The normalized spacial score (nSPS) is 15.2. The molecule has 0 fully saturated rings. The summed E-state index contributed by atoms with van der Waals surface area (Å²) in [5.74, 6) is -0.218. The molecule has 1 aliphatic heterocycles. The van der Waals surface area contributed by atoms with Gasteiger partial charge in [-0.05, 0) is 31.0 Å². The number of benzene rings is 1. The molecule has 2 N–H and O–H groups in total. The van der Waals surface area contributed by atoms with Crippen LogP contribution >= 0.6 is 11.3 Å². The molecular formula is C17H21N3OS. The summed E-state index contributed by atoms with van der Waals surface area (Å²) in [6.07, 6.45) is 1.96. The fraction of sp³-hybridized carbons (Fsp3) is 0.412. The van der Waals surface area contributed by atoms with Crippen molar-refractivity contribution in [3.8, 4) is 0 Å². The molecule has 1 aromatic heterocycles. The molecule has 0 radical (unpaired) electrons. The molecular weight excluding hydrogens is 294 g/mol. The third-order valence-corrected chi connectivity index (χ3v) is 5.29. The summed E-state index contributed by atoms with van der Waals surface area (Å²) in [7, 11) is 0. The van der Waals surface area contributed by atoms with Crippen molar-refractivity contribution in [1.82, 2.24) is 10.3 Å². The number of hydrogen-bond acceptors (Lipinski definition) is 4. The first-order valence-electron chi connectivity index (χ1n) is 7.76. The van der Waals surface area contributed by atoms with Gasteiger partial charge in [-0.1, -0.05) is 19.1 Å². The summed E-state index contributed by atoms with van der Waals surface area (Å²) in [6, 6.07) is 8.02. The average Bonchev–Trinajstić information content (AvgIpc) is 2.98. The Hall–Kier alpha value is -1.72. The van der Waals surface area contributed by atoms with Gasteiger partial charge < -0.3 is 10.6 Å². The molecule has 22 heavy (non-hydrogen) atoms. The van der Waals surface area contributed by atoms with Gasteiger partial charge in [0.05, 0.1) is 11.6 Å². The fourth-order valence-corrected chi connectivity index (χ4v) is 3.65. The second kappa shape index (κ2) is 6.58. The minimum absolute atomic E-state index is 0.00306. The highest BCUT2D eigenvalue weighted by molar-refractivity contribution is 7.12. The van der Waals surface area contributed by atoms with Crippen LogP contribution < -0.4 is 10.6 Å². The van der Waals surface area contributed by atoms with Crippen LogP contribution in [0, 0.1) is 0 Å². The zero-order valence-electron chi connectivity index (χ0n) is 13.0. The Kier molecular flexibility index (Phi) is 4.55. The number of rotatable bonds is 4. The summed E-state index contributed by atoms with van der Waals surface area (Å²) in [5, 5.41) is 7.24. The van der Waals surface area contributed by atoms with Gasteiger partial charge in [-0.25, -0.2) is 4.98 Å². The molecule has 2 aromatic rings. The van der Waals surface area contributed by atoms with Crippen LogP contribution in [0.1, 0.15) is 40.9 Å². The van der Waals surface area contributed by atoms with E-state index in [1.54, 1.807) is 11.3 Å². The Balaban J connectivity index is 1.69. The monoisotopic (exact) mass is 315 g/mol. The van der Waals surface area contributed by atoms with E-state index >= 15 is 0 Å². The molecule has 1 atom stereocenters. The molecule has 1 unspecified atom stereocenters. The Morgan fingerprint density at radius 3 is 2.86 bits per heavy atom. The molecule has 1 aromatic carbocycles. The predicted octanol–water partition coefficient (Wildman–Crippen LogP) is 3.09. The number of nitrogens with zero attached hydrogens (tertiary/aromatic N) is 1. The summed E-state index contributed by atoms with van der Waals surface area (Å²) >= 11 is 1.65. The van der Waals surface area contributed by atoms with Crippen molar-refractivity contribution in [2.75, 3.05) is 11.9 Å². The lowest BCUT2D eigenvalue weighted by Gasteiger charge is -2.10. The number of amides is 1. The lowest BCUT2D eigenvalue weighted by atomic mass is 10.1. The zero-order chi connectivity index (χ0) is 15.5. The summed E-state index contributed by atoms with van der Waals surface area (Å²) in [4.78, 5) is 18.4. The highest BCUT2D eigenvalue weighted by Crippen LogP contribution is 2.28. The highest BCUT2D eigenvalue weighted by atomic mass is 32.1. The van der Waals surface area contributed by atoms with Gasteiger partial charge in [0.1, 0.15) is 5.01 Å². The van der Waals surface area contributed by atoms with Crippen molar-refractivity contribution in [3.63, 3.8) is 0 Å². The largest absolute Gasteiger partial charge is 0.325 e. The number of fused-ring (bicyclic) bond motifs is 1. The lowest BCUT2D eigenvalue weighted by Crippen LogP contribution is -2.22. The Morgan fingerprint density at radius 2 is 2.18 bits per heavy atom. The first-order valence-corrected chi connectivity index (χ1v) is 8.58. The number of anilines is 1. The third kappa shape index (κ3) is 3.20. The van der Waals surface area contributed by atoms with Crippen molar-refractivity contribution in [2.24, 2.45) is 0 Å². The molecule has 5 heteroatoms. The van der Waals surface area contributed by atoms with Crippen LogP contribution in [0.2, 0.25) is 0 Å². The minimum atomic E-state index is -0.221. The highest BCUT2D eigenvalue weighted by Gasteiger charge is 2.22. The quantitative estimate of drug-likeness (QED) is 0.911. The summed E-state index contributed by atoms with van der Waals surface area (Å²) in [6.45, 7) is 5.89. The van der Waals surface area contributed by atoms with Crippen LogP contribution in [0.3, 0.4) is 0 Å². The van der Waals surface area contributed by atoms with E-state index in [1.807, 2.05) is 31.2 Å². The van der Waals surface area contributed by atoms with Gasteiger partial charge in [0, 0.05) is 30.1 Å². The fourth-order valence-electron chi connectivity index (χ4n) is 2.52. The Morgan fingerprint density at radius 1 is 1.41 bits per heavy atom. The van der Waals surface area contributed by atoms with Crippen molar-refractivity contribution < 1.29 is 4.79 Å². The molecule has 3 rings (SSSR count). The molecule has 0 saturated carbocycles. The van der Waals surface area contributed by atoms with Crippen molar-refractivity contribution in [2.45, 2.75) is 39.2 Å². The van der Waals surface area contributed by atoms with Gasteiger partial charge >= 0.3 is 0 Å². The van der Waals surface area contributed by atoms with E-state index in [0.29, 0.717) is 0 Å². The van der Waals surface area contributed by atoms with Gasteiger partial charge in [-0.3, -0.25) is 4.79 Å². The van der Waals surface area contributed by atoms with Crippen LogP contribution in [0.15, 0.2) is 24.3 Å². The number of aryl methyl sites for hydroxylation is 1. The van der Waals surface area contributed by atoms with Gasteiger partial charge in [0.25, 0.3) is 0 Å². The number of aromatic nitrogens is 1. The van der Waals surface area contributed by atoms with Crippen LogP contribution in [-0.4, -0.2) is 17.4 Å². The van der Waals surface area contributed by atoms with E-state index in [0.717, 1.165) is 42.3 Å². The van der Waals surface area contributed by atoms with E-state index in [1.165, 1.54) is 10.4 Å². The van der Waals surface area contributed by atoms with E-state index in [2.05, 4.69) is 22.5 Å². The molecule has 2 heterocycles. The maximum atomic E-state index is 12.4. The van der Waals surface area contributed by atoms with Crippen molar-refractivity contribution in [1.29, 1.82) is 0 Å². The van der Waals surface area contributed by atoms with E-state index in [9.17, 15) is 4.79 Å². The second-order valence-electron chi connectivity index (χ2n) is 5.61. The Bertz CT molecular complexity index is 640. The van der Waals surface area contributed by atoms with E-state index in [4.69, 9.17) is 0 Å². The molecule has 0 bridgehead atoms.